The van der Waals surface area contributed by atoms with Gasteiger partial charge in [0.2, 0.25) is 0 Å². The third kappa shape index (κ3) is 4.50. The molecule has 1 aromatic carbocycles. The first kappa shape index (κ1) is 22.3. The number of anilines is 1. The Bertz CT molecular complexity index is 1200. The molecule has 0 saturated heterocycles. The molecule has 3 rings (SSSR count). The minimum absolute atomic E-state index is 0.0469. The fraction of sp³-hybridized carbons (Fsp3) is 0.238. The molecular weight excluding hydrogens is 444 g/mol. The fourth-order valence-corrected chi connectivity index (χ4v) is 5.20. The number of halogens is 1. The van der Waals surface area contributed by atoms with Gasteiger partial charge in [0, 0.05) is 23.5 Å². The zero-order valence-electron chi connectivity index (χ0n) is 16.9. The predicted molar refractivity (Wildman–Crippen MR) is 120 cm³/mol. The smallest absolute Gasteiger partial charge is 0.350 e. The quantitative estimate of drug-likeness (QED) is 0.514. The van der Waals surface area contributed by atoms with Crippen molar-refractivity contribution in [3.05, 3.63) is 63.6 Å². The van der Waals surface area contributed by atoms with Crippen molar-refractivity contribution in [2.45, 2.75) is 31.1 Å². The van der Waals surface area contributed by atoms with E-state index in [0.717, 1.165) is 16.9 Å². The molecule has 0 spiro atoms. The molecule has 3 aromatic rings. The second-order valence-electron chi connectivity index (χ2n) is 7.58. The van der Waals surface area contributed by atoms with Crippen LogP contribution in [0.3, 0.4) is 0 Å². The summed E-state index contributed by atoms with van der Waals surface area (Å²) in [6, 6.07) is 8.36. The van der Waals surface area contributed by atoms with Gasteiger partial charge in [-0.3, -0.25) is 9.71 Å². The Hall–Kier alpha value is -2.42. The number of carbonyl (C=O) groups excluding carboxylic acids is 1. The Morgan fingerprint density at radius 1 is 1.17 bits per heavy atom. The van der Waals surface area contributed by atoms with Gasteiger partial charge in [0.25, 0.3) is 10.0 Å². The van der Waals surface area contributed by atoms with Crippen molar-refractivity contribution in [3.8, 4) is 11.1 Å². The summed E-state index contributed by atoms with van der Waals surface area (Å²) in [5.41, 5.74) is 1.93. The van der Waals surface area contributed by atoms with Crippen LogP contribution in [0.15, 0.2) is 53.0 Å². The number of pyridine rings is 1. The maximum atomic E-state index is 13.3. The molecule has 30 heavy (non-hydrogen) atoms. The molecule has 0 fully saturated rings. The third-order valence-electron chi connectivity index (χ3n) is 4.48. The van der Waals surface area contributed by atoms with E-state index in [2.05, 4.69) is 9.71 Å². The number of hydrogen-bond acceptors (Lipinski definition) is 6. The SMILES string of the molecule is COC(=O)c1sccc1NS(=O)(=O)c1ccc(C(C)(C)C)cc1-c1ccncc1Cl. The highest BCUT2D eigenvalue weighted by atomic mass is 35.5. The van der Waals surface area contributed by atoms with E-state index in [4.69, 9.17) is 16.3 Å². The van der Waals surface area contributed by atoms with Crippen LogP contribution in [0.1, 0.15) is 36.0 Å². The number of ether oxygens (including phenoxy) is 1. The van der Waals surface area contributed by atoms with Crippen LogP contribution < -0.4 is 4.72 Å². The van der Waals surface area contributed by atoms with Gasteiger partial charge >= 0.3 is 5.97 Å². The molecule has 0 aliphatic carbocycles. The highest BCUT2D eigenvalue weighted by molar-refractivity contribution is 7.92. The van der Waals surface area contributed by atoms with Crippen molar-refractivity contribution < 1.29 is 17.9 Å². The second kappa shape index (κ2) is 8.37. The Balaban J connectivity index is 2.16. The lowest BCUT2D eigenvalue weighted by Crippen LogP contribution is -2.17. The lowest BCUT2D eigenvalue weighted by molar-refractivity contribution is 0.0607. The van der Waals surface area contributed by atoms with Crippen LogP contribution in [0.2, 0.25) is 5.02 Å². The van der Waals surface area contributed by atoms with Crippen molar-refractivity contribution >= 4 is 44.6 Å². The van der Waals surface area contributed by atoms with Gasteiger partial charge < -0.3 is 4.74 Å². The summed E-state index contributed by atoms with van der Waals surface area (Å²) in [6.07, 6.45) is 3.03. The molecule has 0 unspecified atom stereocenters. The average Bonchev–Trinajstić information content (AvgIpc) is 3.14. The number of hydrogen-bond donors (Lipinski definition) is 1. The van der Waals surface area contributed by atoms with Gasteiger partial charge in [0.1, 0.15) is 4.88 Å². The largest absolute Gasteiger partial charge is 0.465 e. The molecule has 2 aromatic heterocycles. The summed E-state index contributed by atoms with van der Waals surface area (Å²) in [5.74, 6) is -0.608. The molecule has 9 heteroatoms. The van der Waals surface area contributed by atoms with Crippen LogP contribution in [-0.4, -0.2) is 26.5 Å². The number of aromatic nitrogens is 1. The first-order chi connectivity index (χ1) is 14.0. The first-order valence-corrected chi connectivity index (χ1v) is 11.7. The predicted octanol–water partition coefficient (Wildman–Crippen LogP) is 5.35. The van der Waals surface area contributed by atoms with Crippen molar-refractivity contribution in [3.63, 3.8) is 0 Å². The van der Waals surface area contributed by atoms with Crippen LogP contribution >= 0.6 is 22.9 Å². The number of carbonyl (C=O) groups is 1. The van der Waals surface area contributed by atoms with Gasteiger partial charge in [-0.2, -0.15) is 0 Å². The van der Waals surface area contributed by atoms with Crippen molar-refractivity contribution in [2.24, 2.45) is 0 Å². The van der Waals surface area contributed by atoms with E-state index < -0.39 is 16.0 Å². The van der Waals surface area contributed by atoms with Crippen LogP contribution in [0.5, 0.6) is 0 Å². The lowest BCUT2D eigenvalue weighted by Gasteiger charge is -2.22. The number of nitrogens with one attached hydrogen (secondary N) is 1. The van der Waals surface area contributed by atoms with Crippen LogP contribution in [-0.2, 0) is 20.2 Å². The Morgan fingerprint density at radius 3 is 2.53 bits per heavy atom. The normalized spacial score (nSPS) is 11.9. The molecule has 0 radical (unpaired) electrons. The highest BCUT2D eigenvalue weighted by Gasteiger charge is 2.26. The van der Waals surface area contributed by atoms with E-state index >= 15 is 0 Å². The van der Waals surface area contributed by atoms with E-state index in [-0.39, 0.29) is 20.9 Å². The molecule has 6 nitrogen and oxygen atoms in total. The lowest BCUT2D eigenvalue weighted by atomic mass is 9.85. The number of nitrogens with zero attached hydrogens (tertiary/aromatic N) is 1. The second-order valence-corrected chi connectivity index (χ2v) is 10.6. The number of thiophene rings is 1. The molecule has 0 bridgehead atoms. The Morgan fingerprint density at radius 2 is 1.90 bits per heavy atom. The number of esters is 1. The number of sulfonamides is 1. The van der Waals surface area contributed by atoms with E-state index in [1.165, 1.54) is 19.4 Å². The summed E-state index contributed by atoms with van der Waals surface area (Å²) in [5, 5.41) is 1.96. The molecule has 0 saturated carbocycles. The van der Waals surface area contributed by atoms with Gasteiger partial charge in [0.15, 0.2) is 0 Å². The summed E-state index contributed by atoms with van der Waals surface area (Å²) in [4.78, 5) is 16.1. The van der Waals surface area contributed by atoms with E-state index in [0.29, 0.717) is 16.1 Å². The number of benzene rings is 1. The first-order valence-electron chi connectivity index (χ1n) is 8.97. The molecule has 1 N–H and O–H groups in total. The zero-order chi connectivity index (χ0) is 22.1. The zero-order valence-corrected chi connectivity index (χ0v) is 19.3. The summed E-state index contributed by atoms with van der Waals surface area (Å²) in [7, 11) is -2.79. The highest BCUT2D eigenvalue weighted by Crippen LogP contribution is 2.37. The summed E-state index contributed by atoms with van der Waals surface area (Å²) in [6.45, 7) is 6.13. The average molecular weight is 465 g/mol. The van der Waals surface area contributed by atoms with Gasteiger partial charge in [-0.1, -0.05) is 38.4 Å². The third-order valence-corrected chi connectivity index (χ3v) is 7.10. The molecule has 0 aliphatic heterocycles. The summed E-state index contributed by atoms with van der Waals surface area (Å²) >= 11 is 7.43. The van der Waals surface area contributed by atoms with Gasteiger partial charge in [-0.15, -0.1) is 11.3 Å². The topological polar surface area (TPSA) is 85.4 Å². The van der Waals surface area contributed by atoms with Crippen molar-refractivity contribution in [2.75, 3.05) is 11.8 Å². The van der Waals surface area contributed by atoms with Crippen LogP contribution in [0.4, 0.5) is 5.69 Å². The number of methoxy groups -OCH3 is 1. The molecule has 0 aliphatic rings. The van der Waals surface area contributed by atoms with E-state index in [1.807, 2.05) is 26.8 Å². The number of rotatable bonds is 5. The maximum absolute atomic E-state index is 13.3. The molecule has 158 valence electrons. The monoisotopic (exact) mass is 464 g/mol. The molecule has 0 atom stereocenters. The minimum atomic E-state index is -4.04. The van der Waals surface area contributed by atoms with Crippen molar-refractivity contribution in [1.82, 2.24) is 4.98 Å². The van der Waals surface area contributed by atoms with Crippen LogP contribution in [0, 0.1) is 0 Å². The van der Waals surface area contributed by atoms with E-state index in [9.17, 15) is 13.2 Å². The fourth-order valence-electron chi connectivity index (χ4n) is 2.88. The van der Waals surface area contributed by atoms with Gasteiger partial charge in [-0.25, -0.2) is 13.2 Å². The Labute approximate surface area is 184 Å². The maximum Gasteiger partial charge on any atom is 0.350 e. The van der Waals surface area contributed by atoms with Gasteiger partial charge in [0.05, 0.1) is 22.7 Å². The minimum Gasteiger partial charge on any atom is -0.465 e. The summed E-state index contributed by atoms with van der Waals surface area (Å²) < 4.78 is 33.9. The molecular formula is C21H21ClN2O4S2. The molecule has 2 heterocycles. The van der Waals surface area contributed by atoms with Crippen molar-refractivity contribution in [1.29, 1.82) is 0 Å². The van der Waals surface area contributed by atoms with Gasteiger partial charge in [-0.05, 0) is 40.6 Å². The standard InChI is InChI=1S/C21H21ClN2O4S2/c1-21(2,3)13-5-6-18(15(11-13)14-7-9-23-12-16(14)22)30(26,27)24-17-8-10-29-19(17)20(25)28-4/h5-12,24H,1-4H3. The molecule has 0 amide bonds. The van der Waals surface area contributed by atoms with E-state index in [1.54, 1.807) is 29.8 Å². The Kier molecular flexibility index (Phi) is 6.21. The van der Waals surface area contributed by atoms with Crippen LogP contribution in [0.25, 0.3) is 11.1 Å².